The fourth-order valence-corrected chi connectivity index (χ4v) is 1.83. The Balaban J connectivity index is 1.79. The van der Waals surface area contributed by atoms with Gasteiger partial charge in [0.25, 0.3) is 5.91 Å². The SMILES string of the molecule is Cc1cc(OCC(=O)NCc2ccc(F)cc2)ccc1Cl. The van der Waals surface area contributed by atoms with Crippen LogP contribution in [0.5, 0.6) is 5.75 Å². The lowest BCUT2D eigenvalue weighted by Crippen LogP contribution is -2.28. The second kappa shape index (κ2) is 7.09. The quantitative estimate of drug-likeness (QED) is 0.918. The topological polar surface area (TPSA) is 38.3 Å². The number of hydrogen-bond acceptors (Lipinski definition) is 2. The van der Waals surface area contributed by atoms with Crippen LogP contribution in [0.3, 0.4) is 0 Å². The minimum atomic E-state index is -0.300. The average molecular weight is 308 g/mol. The van der Waals surface area contributed by atoms with Crippen LogP contribution in [0.1, 0.15) is 11.1 Å². The van der Waals surface area contributed by atoms with Crippen molar-refractivity contribution in [2.45, 2.75) is 13.5 Å². The lowest BCUT2D eigenvalue weighted by atomic mass is 10.2. The standard InChI is InChI=1S/C16H15ClFNO2/c1-11-8-14(6-7-15(11)17)21-10-16(20)19-9-12-2-4-13(18)5-3-12/h2-8H,9-10H2,1H3,(H,19,20). The number of nitrogens with one attached hydrogen (secondary N) is 1. The zero-order valence-corrected chi connectivity index (χ0v) is 12.3. The van der Waals surface area contributed by atoms with Crippen LogP contribution in [0.15, 0.2) is 42.5 Å². The van der Waals surface area contributed by atoms with Crippen LogP contribution in [0, 0.1) is 12.7 Å². The molecule has 2 aromatic carbocycles. The van der Waals surface area contributed by atoms with Gasteiger partial charge in [-0.2, -0.15) is 0 Å². The van der Waals surface area contributed by atoms with Crippen molar-refractivity contribution in [3.63, 3.8) is 0 Å². The predicted molar refractivity (Wildman–Crippen MR) is 79.9 cm³/mol. The van der Waals surface area contributed by atoms with Gasteiger partial charge in [-0.1, -0.05) is 23.7 Å². The lowest BCUT2D eigenvalue weighted by Gasteiger charge is -2.08. The van der Waals surface area contributed by atoms with Gasteiger partial charge in [0.15, 0.2) is 6.61 Å². The molecule has 0 aliphatic rings. The lowest BCUT2D eigenvalue weighted by molar-refractivity contribution is -0.123. The van der Waals surface area contributed by atoms with E-state index in [4.69, 9.17) is 16.3 Å². The number of rotatable bonds is 5. The number of ether oxygens (including phenoxy) is 1. The van der Waals surface area contributed by atoms with Gasteiger partial charge in [0.2, 0.25) is 0 Å². The zero-order chi connectivity index (χ0) is 15.2. The summed E-state index contributed by atoms with van der Waals surface area (Å²) in [6.45, 7) is 2.12. The van der Waals surface area contributed by atoms with Gasteiger partial charge in [0, 0.05) is 11.6 Å². The van der Waals surface area contributed by atoms with E-state index >= 15 is 0 Å². The molecule has 5 heteroatoms. The van der Waals surface area contributed by atoms with Gasteiger partial charge in [-0.05, 0) is 48.4 Å². The number of hydrogen-bond donors (Lipinski definition) is 1. The summed E-state index contributed by atoms with van der Waals surface area (Å²) in [7, 11) is 0. The molecule has 0 unspecified atom stereocenters. The van der Waals surface area contributed by atoms with Gasteiger partial charge >= 0.3 is 0 Å². The van der Waals surface area contributed by atoms with Gasteiger partial charge in [0.05, 0.1) is 0 Å². The smallest absolute Gasteiger partial charge is 0.258 e. The average Bonchev–Trinajstić information content (AvgIpc) is 2.48. The molecule has 2 aromatic rings. The van der Waals surface area contributed by atoms with Crippen molar-refractivity contribution in [2.24, 2.45) is 0 Å². The summed E-state index contributed by atoms with van der Waals surface area (Å²) in [5, 5.41) is 3.36. The van der Waals surface area contributed by atoms with E-state index in [0.717, 1.165) is 11.1 Å². The van der Waals surface area contributed by atoms with Gasteiger partial charge in [-0.15, -0.1) is 0 Å². The molecule has 2 rings (SSSR count). The Morgan fingerprint density at radius 3 is 2.62 bits per heavy atom. The Morgan fingerprint density at radius 1 is 1.24 bits per heavy atom. The molecule has 0 radical (unpaired) electrons. The summed E-state index contributed by atoms with van der Waals surface area (Å²) in [4.78, 5) is 11.7. The summed E-state index contributed by atoms with van der Waals surface area (Å²) in [6, 6.07) is 11.2. The molecule has 0 aliphatic carbocycles. The van der Waals surface area contributed by atoms with Crippen molar-refractivity contribution in [3.05, 3.63) is 64.4 Å². The van der Waals surface area contributed by atoms with Crippen molar-refractivity contribution < 1.29 is 13.9 Å². The van der Waals surface area contributed by atoms with E-state index in [-0.39, 0.29) is 18.3 Å². The Bertz CT molecular complexity index is 629. The molecule has 110 valence electrons. The normalized spacial score (nSPS) is 10.2. The molecule has 1 N–H and O–H groups in total. The molecule has 0 heterocycles. The maximum atomic E-state index is 12.7. The fraction of sp³-hybridized carbons (Fsp3) is 0.188. The first-order valence-electron chi connectivity index (χ1n) is 6.44. The molecule has 1 amide bonds. The number of amides is 1. The van der Waals surface area contributed by atoms with Crippen LogP contribution in [-0.4, -0.2) is 12.5 Å². The maximum absolute atomic E-state index is 12.7. The van der Waals surface area contributed by atoms with E-state index in [1.807, 2.05) is 6.92 Å². The minimum Gasteiger partial charge on any atom is -0.484 e. The summed E-state index contributed by atoms with van der Waals surface area (Å²) in [5.74, 6) is 0.0484. The van der Waals surface area contributed by atoms with Crippen LogP contribution in [0.2, 0.25) is 5.02 Å². The number of aryl methyl sites for hydroxylation is 1. The largest absolute Gasteiger partial charge is 0.484 e. The number of halogens is 2. The summed E-state index contributed by atoms with van der Waals surface area (Å²) < 4.78 is 18.1. The molecular formula is C16H15ClFNO2. The van der Waals surface area contributed by atoms with Crippen molar-refractivity contribution in [3.8, 4) is 5.75 Å². The third kappa shape index (κ3) is 4.76. The Morgan fingerprint density at radius 2 is 1.95 bits per heavy atom. The second-order valence-electron chi connectivity index (χ2n) is 4.60. The van der Waals surface area contributed by atoms with Crippen LogP contribution in [0.4, 0.5) is 4.39 Å². The Kier molecular flexibility index (Phi) is 5.17. The van der Waals surface area contributed by atoms with Gasteiger partial charge in [-0.25, -0.2) is 4.39 Å². The minimum absolute atomic E-state index is 0.0811. The molecule has 0 saturated heterocycles. The predicted octanol–water partition coefficient (Wildman–Crippen LogP) is 3.48. The molecule has 0 aliphatic heterocycles. The van der Waals surface area contributed by atoms with Gasteiger partial charge < -0.3 is 10.1 Å². The van der Waals surface area contributed by atoms with Crippen molar-refractivity contribution in [1.82, 2.24) is 5.32 Å². The van der Waals surface area contributed by atoms with E-state index in [1.165, 1.54) is 12.1 Å². The third-order valence-corrected chi connectivity index (χ3v) is 3.33. The first-order chi connectivity index (χ1) is 10.0. The Hall–Kier alpha value is -2.07. The molecule has 21 heavy (non-hydrogen) atoms. The molecule has 0 aromatic heterocycles. The molecule has 0 atom stereocenters. The van der Waals surface area contributed by atoms with Crippen LogP contribution >= 0.6 is 11.6 Å². The molecule has 0 bridgehead atoms. The van der Waals surface area contributed by atoms with E-state index < -0.39 is 0 Å². The third-order valence-electron chi connectivity index (χ3n) is 2.90. The Labute approximate surface area is 127 Å². The summed E-state index contributed by atoms with van der Waals surface area (Å²) >= 11 is 5.91. The maximum Gasteiger partial charge on any atom is 0.258 e. The van der Waals surface area contributed by atoms with Crippen molar-refractivity contribution >= 4 is 17.5 Å². The molecule has 0 spiro atoms. The first kappa shape index (κ1) is 15.3. The highest BCUT2D eigenvalue weighted by molar-refractivity contribution is 6.31. The highest BCUT2D eigenvalue weighted by Gasteiger charge is 2.04. The number of carbonyl (C=O) groups is 1. The van der Waals surface area contributed by atoms with Crippen molar-refractivity contribution in [2.75, 3.05) is 6.61 Å². The van der Waals surface area contributed by atoms with E-state index in [0.29, 0.717) is 17.3 Å². The van der Waals surface area contributed by atoms with Gasteiger partial charge in [0.1, 0.15) is 11.6 Å². The van der Waals surface area contributed by atoms with E-state index in [9.17, 15) is 9.18 Å². The van der Waals surface area contributed by atoms with Crippen molar-refractivity contribution in [1.29, 1.82) is 0 Å². The summed E-state index contributed by atoms with van der Waals surface area (Å²) in [6.07, 6.45) is 0. The van der Waals surface area contributed by atoms with Crippen LogP contribution < -0.4 is 10.1 Å². The molecule has 0 saturated carbocycles. The van der Waals surface area contributed by atoms with Crippen LogP contribution in [0.25, 0.3) is 0 Å². The first-order valence-corrected chi connectivity index (χ1v) is 6.82. The highest BCUT2D eigenvalue weighted by atomic mass is 35.5. The van der Waals surface area contributed by atoms with E-state index in [2.05, 4.69) is 5.32 Å². The van der Waals surface area contributed by atoms with Gasteiger partial charge in [-0.3, -0.25) is 4.79 Å². The number of benzene rings is 2. The molecule has 0 fully saturated rings. The monoisotopic (exact) mass is 307 g/mol. The fourth-order valence-electron chi connectivity index (χ4n) is 1.71. The van der Waals surface area contributed by atoms with Crippen LogP contribution in [-0.2, 0) is 11.3 Å². The molecular weight excluding hydrogens is 293 g/mol. The number of carbonyl (C=O) groups excluding carboxylic acids is 1. The van der Waals surface area contributed by atoms with E-state index in [1.54, 1.807) is 30.3 Å². The summed E-state index contributed by atoms with van der Waals surface area (Å²) in [5.41, 5.74) is 1.72. The second-order valence-corrected chi connectivity index (χ2v) is 5.01. The zero-order valence-electron chi connectivity index (χ0n) is 11.5. The highest BCUT2D eigenvalue weighted by Crippen LogP contribution is 2.20. The molecule has 3 nitrogen and oxygen atoms in total.